The van der Waals surface area contributed by atoms with Gasteiger partial charge in [-0.3, -0.25) is 0 Å². The van der Waals surface area contributed by atoms with E-state index in [0.29, 0.717) is 19.8 Å². The summed E-state index contributed by atoms with van der Waals surface area (Å²) in [7, 11) is 0. The molecule has 8 heteroatoms. The summed E-state index contributed by atoms with van der Waals surface area (Å²) in [5.41, 5.74) is 12.4. The number of hydrogen-bond donors (Lipinski definition) is 1. The first-order valence-corrected chi connectivity index (χ1v) is 14.1. The molecule has 0 bridgehead atoms. The number of hydrogen-bond acceptors (Lipinski definition) is 7. The Morgan fingerprint density at radius 1 is 0.925 bits per heavy atom. The number of benzene rings is 3. The summed E-state index contributed by atoms with van der Waals surface area (Å²) >= 11 is 0. The average molecular weight is 539 g/mol. The molecule has 0 aliphatic carbocycles. The van der Waals surface area contributed by atoms with E-state index >= 15 is 0 Å². The average Bonchev–Trinajstić information content (AvgIpc) is 3.63. The Morgan fingerprint density at radius 2 is 1.60 bits per heavy atom. The second kappa shape index (κ2) is 11.2. The van der Waals surface area contributed by atoms with Gasteiger partial charge in [-0.1, -0.05) is 23.8 Å². The number of piperazine rings is 1. The highest BCUT2D eigenvalue weighted by Gasteiger charge is 2.43. The minimum Gasteiger partial charge on any atom is -0.493 e. The van der Waals surface area contributed by atoms with E-state index in [1.54, 1.807) is 12.7 Å². The van der Waals surface area contributed by atoms with Gasteiger partial charge < -0.3 is 25.0 Å². The van der Waals surface area contributed by atoms with E-state index in [1.807, 2.05) is 16.8 Å². The highest BCUT2D eigenvalue weighted by Crippen LogP contribution is 2.42. The van der Waals surface area contributed by atoms with Crippen LogP contribution in [0.25, 0.3) is 0 Å². The number of nitrogens with two attached hydrogens (primary N) is 1. The lowest BCUT2D eigenvalue weighted by molar-refractivity contribution is -0.0184. The van der Waals surface area contributed by atoms with Crippen LogP contribution in [0, 0.1) is 19.8 Å². The predicted molar refractivity (Wildman–Crippen MR) is 159 cm³/mol. The molecule has 208 valence electrons. The molecule has 8 nitrogen and oxygen atoms in total. The van der Waals surface area contributed by atoms with E-state index in [4.69, 9.17) is 15.2 Å². The first-order chi connectivity index (χ1) is 19.5. The number of aryl methyl sites for hydroxylation is 2. The number of rotatable bonds is 8. The fraction of sp³-hybridized carbons (Fsp3) is 0.375. The third-order valence-electron chi connectivity index (χ3n) is 8.20. The van der Waals surface area contributed by atoms with Gasteiger partial charge in [-0.05, 0) is 79.9 Å². The van der Waals surface area contributed by atoms with Crippen LogP contribution in [-0.4, -0.2) is 54.2 Å². The van der Waals surface area contributed by atoms with Crippen LogP contribution in [0.1, 0.15) is 23.1 Å². The molecule has 2 aliphatic heterocycles. The zero-order valence-corrected chi connectivity index (χ0v) is 23.4. The van der Waals surface area contributed by atoms with E-state index in [2.05, 4.69) is 88.3 Å². The van der Waals surface area contributed by atoms with Crippen molar-refractivity contribution in [1.82, 2.24) is 14.8 Å². The third-order valence-corrected chi connectivity index (χ3v) is 8.20. The van der Waals surface area contributed by atoms with Crippen molar-refractivity contribution < 1.29 is 9.47 Å². The number of ether oxygens (including phenoxy) is 2. The maximum absolute atomic E-state index is 6.58. The van der Waals surface area contributed by atoms with Crippen molar-refractivity contribution in [1.29, 1.82) is 0 Å². The van der Waals surface area contributed by atoms with Gasteiger partial charge in [0, 0.05) is 49.2 Å². The number of anilines is 3. The topological polar surface area (TPSA) is 81.7 Å². The molecule has 6 rings (SSSR count). The Kier molecular flexibility index (Phi) is 7.34. The molecular formula is C32H38N6O2. The van der Waals surface area contributed by atoms with Gasteiger partial charge in [0.1, 0.15) is 24.0 Å². The second-order valence-electron chi connectivity index (χ2n) is 11.2. The van der Waals surface area contributed by atoms with Gasteiger partial charge in [0.2, 0.25) is 0 Å². The summed E-state index contributed by atoms with van der Waals surface area (Å²) in [5, 5.41) is 4.37. The summed E-state index contributed by atoms with van der Waals surface area (Å²) in [6.07, 6.45) is 4.21. The van der Waals surface area contributed by atoms with E-state index < -0.39 is 5.60 Å². The van der Waals surface area contributed by atoms with E-state index in [0.717, 1.165) is 44.0 Å². The largest absolute Gasteiger partial charge is 0.493 e. The zero-order valence-electron chi connectivity index (χ0n) is 23.4. The standard InChI is InChI=1S/C32H38N6O2/c1-24-3-12-31(25(2)17-24)32(21-38-23-34-22-35-38)18-26(20-40-32)19-39-30-10-8-29(9-11-30)37-15-13-36(14-16-37)28-6-4-27(33)5-7-28/h3-12,17,22-23,26H,13-16,18-21,33H2,1-2H3/t26-,32?/m1/s1. The molecule has 0 spiro atoms. The summed E-state index contributed by atoms with van der Waals surface area (Å²) in [6.45, 7) is 10.1. The maximum atomic E-state index is 6.58. The molecule has 2 fully saturated rings. The Morgan fingerprint density at radius 3 is 2.23 bits per heavy atom. The van der Waals surface area contributed by atoms with E-state index in [9.17, 15) is 0 Å². The van der Waals surface area contributed by atoms with Crippen molar-refractivity contribution in [2.45, 2.75) is 32.4 Å². The smallest absolute Gasteiger partial charge is 0.137 e. The van der Waals surface area contributed by atoms with Gasteiger partial charge in [0.25, 0.3) is 0 Å². The maximum Gasteiger partial charge on any atom is 0.137 e. The highest BCUT2D eigenvalue weighted by molar-refractivity contribution is 5.55. The molecular weight excluding hydrogens is 500 g/mol. The van der Waals surface area contributed by atoms with Gasteiger partial charge in [-0.15, -0.1) is 0 Å². The summed E-state index contributed by atoms with van der Waals surface area (Å²) in [5.74, 6) is 1.18. The van der Waals surface area contributed by atoms with Gasteiger partial charge in [-0.2, -0.15) is 5.10 Å². The third kappa shape index (κ3) is 5.63. The van der Waals surface area contributed by atoms with Gasteiger partial charge in [0.15, 0.2) is 0 Å². The minimum atomic E-state index is -0.447. The minimum absolute atomic E-state index is 0.283. The molecule has 2 N–H and O–H groups in total. The lowest BCUT2D eigenvalue weighted by Crippen LogP contribution is -2.46. The van der Waals surface area contributed by atoms with Crippen molar-refractivity contribution in [3.63, 3.8) is 0 Å². The van der Waals surface area contributed by atoms with Crippen molar-refractivity contribution in [2.75, 3.05) is 54.9 Å². The van der Waals surface area contributed by atoms with Crippen LogP contribution in [0.2, 0.25) is 0 Å². The van der Waals surface area contributed by atoms with Crippen LogP contribution in [0.4, 0.5) is 17.1 Å². The van der Waals surface area contributed by atoms with E-state index in [1.165, 1.54) is 28.1 Å². The molecule has 2 saturated heterocycles. The molecule has 1 unspecified atom stereocenters. The fourth-order valence-electron chi connectivity index (χ4n) is 6.13. The lowest BCUT2D eigenvalue weighted by atomic mass is 9.84. The van der Waals surface area contributed by atoms with Crippen molar-refractivity contribution in [3.05, 3.63) is 96.1 Å². The van der Waals surface area contributed by atoms with Gasteiger partial charge in [0.05, 0.1) is 19.8 Å². The molecule has 40 heavy (non-hydrogen) atoms. The van der Waals surface area contributed by atoms with Crippen LogP contribution >= 0.6 is 0 Å². The molecule has 1 aromatic heterocycles. The molecule has 4 aromatic rings. The fourth-order valence-corrected chi connectivity index (χ4v) is 6.13. The predicted octanol–water partition coefficient (Wildman–Crippen LogP) is 4.81. The van der Waals surface area contributed by atoms with Gasteiger partial charge >= 0.3 is 0 Å². The Labute approximate surface area is 236 Å². The number of nitrogens with zero attached hydrogens (tertiary/aromatic N) is 5. The number of aromatic nitrogens is 3. The molecule has 0 saturated carbocycles. The van der Waals surface area contributed by atoms with Crippen molar-refractivity contribution >= 4 is 17.1 Å². The molecule has 0 radical (unpaired) electrons. The van der Waals surface area contributed by atoms with Crippen LogP contribution in [0.5, 0.6) is 5.75 Å². The highest BCUT2D eigenvalue weighted by atomic mass is 16.5. The van der Waals surface area contributed by atoms with Crippen LogP contribution in [0.3, 0.4) is 0 Å². The SMILES string of the molecule is Cc1ccc(C2(Cn3cncn3)C[C@H](COc3ccc(N4CCN(c5ccc(N)cc5)CC4)cc3)CO2)c(C)c1. The monoisotopic (exact) mass is 538 g/mol. The van der Waals surface area contributed by atoms with E-state index in [-0.39, 0.29) is 5.92 Å². The molecule has 0 amide bonds. The van der Waals surface area contributed by atoms with Gasteiger partial charge in [-0.25, -0.2) is 9.67 Å². The van der Waals surface area contributed by atoms with Crippen molar-refractivity contribution in [3.8, 4) is 5.75 Å². The Hall–Kier alpha value is -4.04. The number of nitrogen functional groups attached to an aromatic ring is 1. The lowest BCUT2D eigenvalue weighted by Gasteiger charge is -2.37. The Balaban J connectivity index is 1.06. The Bertz CT molecular complexity index is 1400. The quantitative estimate of drug-likeness (QED) is 0.322. The first-order valence-electron chi connectivity index (χ1n) is 14.1. The molecule has 2 atom stereocenters. The first kappa shape index (κ1) is 26.2. The second-order valence-corrected chi connectivity index (χ2v) is 11.2. The van der Waals surface area contributed by atoms with Crippen LogP contribution < -0.4 is 20.3 Å². The summed E-state index contributed by atoms with van der Waals surface area (Å²) in [6, 6.07) is 23.3. The molecule has 3 aromatic carbocycles. The van der Waals surface area contributed by atoms with Crippen molar-refractivity contribution in [2.24, 2.45) is 5.92 Å². The van der Waals surface area contributed by atoms with Crippen LogP contribution in [-0.2, 0) is 16.9 Å². The molecule has 2 aliphatic rings. The summed E-state index contributed by atoms with van der Waals surface area (Å²) in [4.78, 5) is 8.99. The normalized spacial score (nSPS) is 21.1. The zero-order chi connectivity index (χ0) is 27.5. The summed E-state index contributed by atoms with van der Waals surface area (Å²) < 4.78 is 14.7. The molecule has 3 heterocycles. The van der Waals surface area contributed by atoms with Crippen LogP contribution in [0.15, 0.2) is 79.4 Å².